The lowest BCUT2D eigenvalue weighted by Gasteiger charge is -2.30. The largest absolute Gasteiger partial charge is 0.493 e. The van der Waals surface area contributed by atoms with E-state index in [1.54, 1.807) is 33.8 Å². The van der Waals surface area contributed by atoms with Gasteiger partial charge >= 0.3 is 11.9 Å². The van der Waals surface area contributed by atoms with E-state index in [1.165, 1.54) is 50.5 Å². The van der Waals surface area contributed by atoms with Gasteiger partial charge in [0.15, 0.2) is 0 Å². The Morgan fingerprint density at radius 2 is 1.14 bits per heavy atom. The fourth-order valence-corrected chi connectivity index (χ4v) is 7.22. The molecule has 2 aromatic carbocycles. The van der Waals surface area contributed by atoms with Gasteiger partial charge in [0.1, 0.15) is 11.5 Å². The molecule has 0 unspecified atom stereocenters. The van der Waals surface area contributed by atoms with Crippen molar-refractivity contribution in [3.63, 3.8) is 0 Å². The summed E-state index contributed by atoms with van der Waals surface area (Å²) in [5, 5.41) is 40.0. The van der Waals surface area contributed by atoms with Crippen LogP contribution in [-0.2, 0) is 31.9 Å². The zero-order valence-electron chi connectivity index (χ0n) is 36.0. The maximum absolute atomic E-state index is 12.3. The first-order valence-electron chi connectivity index (χ1n) is 21.4. The Morgan fingerprint density at radius 3 is 1.55 bits per heavy atom. The second-order valence-electron chi connectivity index (χ2n) is 17.3. The van der Waals surface area contributed by atoms with Gasteiger partial charge in [0.05, 0.1) is 52.9 Å². The third kappa shape index (κ3) is 15.5. The molecule has 58 heavy (non-hydrogen) atoms. The summed E-state index contributed by atoms with van der Waals surface area (Å²) in [6.45, 7) is 15.8. The van der Waals surface area contributed by atoms with E-state index in [1.807, 2.05) is 12.1 Å². The van der Waals surface area contributed by atoms with Crippen LogP contribution in [-0.4, -0.2) is 85.2 Å². The van der Waals surface area contributed by atoms with Gasteiger partial charge in [-0.3, -0.25) is 0 Å². The molecule has 1 aliphatic rings. The Hall–Kier alpha value is -3.70. The molecule has 2 aromatic rings. The lowest BCUT2D eigenvalue weighted by Crippen LogP contribution is -2.33. The molecule has 4 N–H and O–H groups in total. The number of aliphatic hydroxyl groups excluding tert-OH is 4. The molecular formula is C48H72O10. The molecule has 0 spiro atoms. The number of aliphatic hydroxyl groups is 4. The van der Waals surface area contributed by atoms with Crippen LogP contribution in [0.2, 0.25) is 0 Å². The molecular weight excluding hydrogens is 737 g/mol. The fraction of sp³-hybridized carbons (Fsp3) is 0.625. The monoisotopic (exact) mass is 809 g/mol. The first-order chi connectivity index (χ1) is 27.7. The van der Waals surface area contributed by atoms with E-state index in [-0.39, 0.29) is 52.9 Å². The average molecular weight is 809 g/mol. The molecule has 1 fully saturated rings. The van der Waals surface area contributed by atoms with Crippen molar-refractivity contribution in [1.82, 2.24) is 0 Å². The second kappa shape index (κ2) is 24.4. The highest BCUT2D eigenvalue weighted by molar-refractivity contribution is 5.87. The number of aryl methyl sites for hydroxylation is 2. The van der Waals surface area contributed by atoms with E-state index < -0.39 is 22.8 Å². The molecule has 0 atom stereocenters. The summed E-state index contributed by atoms with van der Waals surface area (Å²) in [6, 6.07) is 10.2. The van der Waals surface area contributed by atoms with Crippen molar-refractivity contribution < 1.29 is 49.0 Å². The van der Waals surface area contributed by atoms with E-state index >= 15 is 0 Å². The van der Waals surface area contributed by atoms with Crippen LogP contribution in [0.3, 0.4) is 0 Å². The minimum Gasteiger partial charge on any atom is -0.493 e. The van der Waals surface area contributed by atoms with E-state index in [0.29, 0.717) is 54.2 Å². The zero-order valence-corrected chi connectivity index (χ0v) is 36.0. The number of rotatable bonds is 27. The van der Waals surface area contributed by atoms with Crippen LogP contribution in [0, 0.1) is 16.7 Å². The summed E-state index contributed by atoms with van der Waals surface area (Å²) in [5.74, 6) is 1.23. The SMILES string of the molecule is C=C(C)C(=O)OCCCc1cc(C2CCC(CCCCCC)CC2)cc(CCCOC(=O)C(=C)C)c1-c1cc(OCC(C)(CO)CO)cc(OCC(C)(CO)CO)c1. The normalized spacial score (nSPS) is 15.8. The summed E-state index contributed by atoms with van der Waals surface area (Å²) in [6.07, 6.45) is 13.5. The summed E-state index contributed by atoms with van der Waals surface area (Å²) < 4.78 is 23.6. The molecule has 1 aliphatic carbocycles. The van der Waals surface area contributed by atoms with Crippen LogP contribution in [0.15, 0.2) is 54.6 Å². The summed E-state index contributed by atoms with van der Waals surface area (Å²) in [7, 11) is 0. The highest BCUT2D eigenvalue weighted by Crippen LogP contribution is 2.42. The number of benzene rings is 2. The molecule has 0 amide bonds. The lowest BCUT2D eigenvalue weighted by molar-refractivity contribution is -0.139. The second-order valence-corrected chi connectivity index (χ2v) is 17.3. The molecule has 3 rings (SSSR count). The predicted molar refractivity (Wildman–Crippen MR) is 229 cm³/mol. The summed E-state index contributed by atoms with van der Waals surface area (Å²) in [4.78, 5) is 24.6. The molecule has 10 heteroatoms. The Morgan fingerprint density at radius 1 is 0.672 bits per heavy atom. The maximum atomic E-state index is 12.3. The Kier molecular flexibility index (Phi) is 20.5. The van der Waals surface area contributed by atoms with Crippen LogP contribution in [0.25, 0.3) is 11.1 Å². The first kappa shape index (κ1) is 48.7. The molecule has 0 radical (unpaired) electrons. The molecule has 0 heterocycles. The topological polar surface area (TPSA) is 152 Å². The minimum absolute atomic E-state index is 0.0377. The number of ether oxygens (including phenoxy) is 4. The van der Waals surface area contributed by atoms with Gasteiger partial charge in [0.2, 0.25) is 0 Å². The van der Waals surface area contributed by atoms with Crippen molar-refractivity contribution in [2.24, 2.45) is 16.7 Å². The number of unbranched alkanes of at least 4 members (excludes halogenated alkanes) is 3. The number of esters is 2. The molecule has 0 aliphatic heterocycles. The smallest absolute Gasteiger partial charge is 0.333 e. The van der Waals surface area contributed by atoms with Gasteiger partial charge in [-0.05, 0) is 117 Å². The van der Waals surface area contributed by atoms with Gasteiger partial charge in [-0.2, -0.15) is 0 Å². The predicted octanol–water partition coefficient (Wildman–Crippen LogP) is 8.44. The van der Waals surface area contributed by atoms with Crippen LogP contribution >= 0.6 is 0 Å². The fourth-order valence-electron chi connectivity index (χ4n) is 7.22. The van der Waals surface area contributed by atoms with Gasteiger partial charge < -0.3 is 39.4 Å². The highest BCUT2D eigenvalue weighted by atomic mass is 16.5. The number of carbonyl (C=O) groups excluding carboxylic acids is 2. The first-order valence-corrected chi connectivity index (χ1v) is 21.4. The van der Waals surface area contributed by atoms with Gasteiger partial charge in [-0.25, -0.2) is 9.59 Å². The van der Waals surface area contributed by atoms with Gasteiger partial charge in [0.25, 0.3) is 0 Å². The van der Waals surface area contributed by atoms with Crippen LogP contribution in [0.4, 0.5) is 0 Å². The summed E-state index contributed by atoms with van der Waals surface area (Å²) in [5.41, 5.74) is 4.13. The Bertz CT molecular complexity index is 1520. The quantitative estimate of drug-likeness (QED) is 0.0393. The van der Waals surface area contributed by atoms with E-state index in [2.05, 4.69) is 32.2 Å². The van der Waals surface area contributed by atoms with Crippen LogP contribution in [0.1, 0.15) is 128 Å². The van der Waals surface area contributed by atoms with Crippen LogP contribution < -0.4 is 9.47 Å². The molecule has 10 nitrogen and oxygen atoms in total. The van der Waals surface area contributed by atoms with Crippen LogP contribution in [0.5, 0.6) is 11.5 Å². The molecule has 0 bridgehead atoms. The average Bonchev–Trinajstić information content (AvgIpc) is 3.23. The molecule has 0 aromatic heterocycles. The van der Waals surface area contributed by atoms with Crippen molar-refractivity contribution in [3.05, 3.63) is 71.3 Å². The highest BCUT2D eigenvalue weighted by Gasteiger charge is 2.28. The van der Waals surface area contributed by atoms with E-state index in [4.69, 9.17) is 18.9 Å². The third-order valence-electron chi connectivity index (χ3n) is 11.3. The van der Waals surface area contributed by atoms with Crippen molar-refractivity contribution in [3.8, 4) is 22.6 Å². The maximum Gasteiger partial charge on any atom is 0.333 e. The van der Waals surface area contributed by atoms with Gasteiger partial charge in [-0.1, -0.05) is 78.2 Å². The van der Waals surface area contributed by atoms with Crippen molar-refractivity contribution in [2.45, 2.75) is 124 Å². The molecule has 1 saturated carbocycles. The molecule has 324 valence electrons. The minimum atomic E-state index is -0.891. The van der Waals surface area contributed by atoms with Gasteiger partial charge in [-0.15, -0.1) is 0 Å². The number of hydrogen-bond acceptors (Lipinski definition) is 10. The molecule has 0 saturated heterocycles. The summed E-state index contributed by atoms with van der Waals surface area (Å²) >= 11 is 0. The number of carbonyl (C=O) groups is 2. The third-order valence-corrected chi connectivity index (χ3v) is 11.3. The van der Waals surface area contributed by atoms with Gasteiger partial charge in [0, 0.05) is 28.0 Å². The Labute approximate surface area is 347 Å². The van der Waals surface area contributed by atoms with Crippen molar-refractivity contribution in [1.29, 1.82) is 0 Å². The van der Waals surface area contributed by atoms with E-state index in [9.17, 15) is 30.0 Å². The zero-order chi connectivity index (χ0) is 42.7. The van der Waals surface area contributed by atoms with Crippen molar-refractivity contribution >= 4 is 11.9 Å². The standard InChI is InChI=1S/C48H72O10/c1-8-9-10-11-14-36-17-19-37(20-18-36)40-23-38(15-12-21-55-45(53)34(2)3)44(39(24-40)16-13-22-56-46(54)35(4)5)41-25-42(57-32-47(6,28-49)29-50)27-43(26-41)58-33-48(7,30-51)31-52/h23-27,36-37,49-52H,2,4,8-22,28-33H2,1,3,5-7H3. The lowest BCUT2D eigenvalue weighted by atomic mass is 9.75. The van der Waals surface area contributed by atoms with Crippen molar-refractivity contribution in [2.75, 3.05) is 52.9 Å². The van der Waals surface area contributed by atoms with E-state index in [0.717, 1.165) is 41.0 Å². The number of hydrogen-bond donors (Lipinski definition) is 4. The Balaban J connectivity index is 2.15.